The number of alkyl halides is 3. The molecule has 0 spiro atoms. The Morgan fingerprint density at radius 3 is 2.20 bits per heavy atom. The molecule has 2 aromatic carbocycles. The van der Waals surface area contributed by atoms with E-state index in [0.29, 0.717) is 0 Å². The third kappa shape index (κ3) is 5.18. The van der Waals surface area contributed by atoms with Gasteiger partial charge in [-0.25, -0.2) is 12.8 Å². The van der Waals surface area contributed by atoms with Crippen LogP contribution in [0.2, 0.25) is 0 Å². The van der Waals surface area contributed by atoms with Crippen LogP contribution in [0.1, 0.15) is 10.4 Å². The van der Waals surface area contributed by atoms with E-state index in [1.807, 2.05) is 0 Å². The molecule has 134 valence electrons. The Hall–Kier alpha value is -2.62. The molecule has 0 radical (unpaired) electrons. The molecule has 0 aliphatic rings. The number of amides is 1. The summed E-state index contributed by atoms with van der Waals surface area (Å²) in [5.74, 6) is -2.21. The molecule has 0 unspecified atom stereocenters. The smallest absolute Gasteiger partial charge is 0.406 e. The normalized spacial score (nSPS) is 11.9. The Balaban J connectivity index is 2.20. The Kier molecular flexibility index (Phi) is 5.02. The first-order valence-corrected chi connectivity index (χ1v) is 8.51. The first-order chi connectivity index (χ1) is 11.5. The van der Waals surface area contributed by atoms with Crippen molar-refractivity contribution in [1.29, 1.82) is 0 Å². The lowest BCUT2D eigenvalue weighted by molar-refractivity contribution is -0.274. The molecule has 0 saturated carbocycles. The van der Waals surface area contributed by atoms with Crippen LogP contribution in [-0.4, -0.2) is 26.9 Å². The monoisotopic (exact) mass is 377 g/mol. The second kappa shape index (κ2) is 6.71. The number of hydrogen-bond acceptors (Lipinski definition) is 4. The van der Waals surface area contributed by atoms with Crippen molar-refractivity contribution in [3.8, 4) is 5.75 Å². The summed E-state index contributed by atoms with van der Waals surface area (Å²) in [5.41, 5.74) is -0.442. The van der Waals surface area contributed by atoms with Crippen LogP contribution < -0.4 is 10.1 Å². The quantitative estimate of drug-likeness (QED) is 0.655. The molecule has 0 aromatic heterocycles. The van der Waals surface area contributed by atoms with E-state index in [1.54, 1.807) is 0 Å². The van der Waals surface area contributed by atoms with Crippen molar-refractivity contribution in [2.45, 2.75) is 11.3 Å². The van der Waals surface area contributed by atoms with Crippen LogP contribution >= 0.6 is 0 Å². The standard InChI is InChI=1S/C15H11F4NO4S/c1-25(22,23)11-6-7-12(16)13(8-11)20-14(21)9-2-4-10(5-3-9)24-15(17,18)19/h2-8H,1H3,(H,20,21). The minimum Gasteiger partial charge on any atom is -0.406 e. The van der Waals surface area contributed by atoms with E-state index in [0.717, 1.165) is 48.7 Å². The minimum absolute atomic E-state index is 0.0707. The predicted octanol–water partition coefficient (Wildman–Crippen LogP) is 3.38. The van der Waals surface area contributed by atoms with Gasteiger partial charge in [-0.15, -0.1) is 13.2 Å². The highest BCUT2D eigenvalue weighted by atomic mass is 32.2. The maximum absolute atomic E-state index is 13.7. The molecular weight excluding hydrogens is 366 g/mol. The molecule has 25 heavy (non-hydrogen) atoms. The van der Waals surface area contributed by atoms with E-state index < -0.39 is 33.7 Å². The lowest BCUT2D eigenvalue weighted by Crippen LogP contribution is -2.17. The van der Waals surface area contributed by atoms with E-state index in [2.05, 4.69) is 10.1 Å². The van der Waals surface area contributed by atoms with Gasteiger partial charge in [0.25, 0.3) is 5.91 Å². The Morgan fingerprint density at radius 2 is 1.68 bits per heavy atom. The van der Waals surface area contributed by atoms with Crippen LogP contribution in [0.4, 0.5) is 23.2 Å². The van der Waals surface area contributed by atoms with Crippen LogP contribution in [0.25, 0.3) is 0 Å². The molecule has 0 heterocycles. The van der Waals surface area contributed by atoms with Crippen molar-refractivity contribution in [1.82, 2.24) is 0 Å². The fourth-order valence-electron chi connectivity index (χ4n) is 1.83. The van der Waals surface area contributed by atoms with Crippen LogP contribution in [-0.2, 0) is 9.84 Å². The second-order valence-electron chi connectivity index (χ2n) is 4.94. The average Bonchev–Trinajstić information content (AvgIpc) is 2.47. The molecule has 0 aliphatic heterocycles. The van der Waals surface area contributed by atoms with Crippen molar-refractivity contribution in [2.75, 3.05) is 11.6 Å². The van der Waals surface area contributed by atoms with E-state index >= 15 is 0 Å². The number of anilines is 1. The highest BCUT2D eigenvalue weighted by molar-refractivity contribution is 7.90. The zero-order chi connectivity index (χ0) is 18.8. The Labute approximate surface area is 140 Å². The van der Waals surface area contributed by atoms with Gasteiger partial charge >= 0.3 is 6.36 Å². The van der Waals surface area contributed by atoms with Gasteiger partial charge in [-0.05, 0) is 42.5 Å². The molecule has 0 atom stereocenters. The third-order valence-corrected chi connectivity index (χ3v) is 4.07. The summed E-state index contributed by atoms with van der Waals surface area (Å²) in [6, 6.07) is 6.82. The first kappa shape index (κ1) is 18.7. The number of benzene rings is 2. The third-order valence-electron chi connectivity index (χ3n) is 2.96. The molecule has 2 aromatic rings. The molecule has 0 aliphatic carbocycles. The van der Waals surface area contributed by atoms with Crippen molar-refractivity contribution < 1.29 is 35.5 Å². The number of rotatable bonds is 4. The summed E-state index contributed by atoms with van der Waals surface area (Å²) in [6.07, 6.45) is -3.94. The molecule has 2 rings (SSSR count). The van der Waals surface area contributed by atoms with E-state index in [-0.39, 0.29) is 16.1 Å². The van der Waals surface area contributed by atoms with Gasteiger partial charge in [0.05, 0.1) is 10.6 Å². The summed E-state index contributed by atoms with van der Waals surface area (Å²) in [6.45, 7) is 0. The molecule has 10 heteroatoms. The predicted molar refractivity (Wildman–Crippen MR) is 80.6 cm³/mol. The Morgan fingerprint density at radius 1 is 1.08 bits per heavy atom. The number of hydrogen-bond donors (Lipinski definition) is 1. The summed E-state index contributed by atoms with van der Waals surface area (Å²) in [5, 5.41) is 2.17. The van der Waals surface area contributed by atoms with Crippen LogP contribution in [0.5, 0.6) is 5.75 Å². The van der Waals surface area contributed by atoms with Gasteiger partial charge in [0.15, 0.2) is 9.84 Å². The lowest BCUT2D eigenvalue weighted by atomic mass is 10.2. The maximum atomic E-state index is 13.7. The highest BCUT2D eigenvalue weighted by Crippen LogP contribution is 2.24. The first-order valence-electron chi connectivity index (χ1n) is 6.62. The number of halogens is 4. The van der Waals surface area contributed by atoms with Gasteiger partial charge in [0.2, 0.25) is 0 Å². The van der Waals surface area contributed by atoms with Gasteiger partial charge in [-0.1, -0.05) is 0 Å². The van der Waals surface area contributed by atoms with Crippen molar-refractivity contribution in [2.24, 2.45) is 0 Å². The number of carbonyl (C=O) groups is 1. The van der Waals surface area contributed by atoms with Gasteiger partial charge in [-0.3, -0.25) is 4.79 Å². The lowest BCUT2D eigenvalue weighted by Gasteiger charge is -2.10. The summed E-state index contributed by atoms with van der Waals surface area (Å²) in [7, 11) is -3.61. The zero-order valence-electron chi connectivity index (χ0n) is 12.6. The number of carbonyl (C=O) groups excluding carboxylic acids is 1. The zero-order valence-corrected chi connectivity index (χ0v) is 13.4. The van der Waals surface area contributed by atoms with E-state index in [1.165, 1.54) is 0 Å². The summed E-state index contributed by atoms with van der Waals surface area (Å²) >= 11 is 0. The Bertz CT molecular complexity index is 893. The fraction of sp³-hybridized carbons (Fsp3) is 0.133. The highest BCUT2D eigenvalue weighted by Gasteiger charge is 2.31. The van der Waals surface area contributed by atoms with Crippen molar-refractivity contribution in [3.63, 3.8) is 0 Å². The van der Waals surface area contributed by atoms with Gasteiger partial charge in [0, 0.05) is 11.8 Å². The molecule has 1 amide bonds. The van der Waals surface area contributed by atoms with E-state index in [9.17, 15) is 30.8 Å². The molecule has 5 nitrogen and oxygen atoms in total. The molecule has 0 bridgehead atoms. The SMILES string of the molecule is CS(=O)(=O)c1ccc(F)c(NC(=O)c2ccc(OC(F)(F)F)cc2)c1. The molecular formula is C15H11F4NO4S. The molecule has 0 saturated heterocycles. The second-order valence-corrected chi connectivity index (χ2v) is 6.96. The van der Waals surface area contributed by atoms with Crippen LogP contribution in [0.3, 0.4) is 0 Å². The van der Waals surface area contributed by atoms with Crippen LogP contribution in [0.15, 0.2) is 47.4 Å². The van der Waals surface area contributed by atoms with Crippen molar-refractivity contribution >= 4 is 21.4 Å². The van der Waals surface area contributed by atoms with Gasteiger partial charge < -0.3 is 10.1 Å². The minimum atomic E-state index is -4.86. The average molecular weight is 377 g/mol. The number of nitrogens with one attached hydrogen (secondary N) is 1. The molecule has 1 N–H and O–H groups in total. The van der Waals surface area contributed by atoms with Crippen molar-refractivity contribution in [3.05, 3.63) is 53.8 Å². The number of sulfone groups is 1. The van der Waals surface area contributed by atoms with Gasteiger partial charge in [-0.2, -0.15) is 0 Å². The van der Waals surface area contributed by atoms with E-state index in [4.69, 9.17) is 0 Å². The van der Waals surface area contributed by atoms with Crippen LogP contribution in [0, 0.1) is 5.82 Å². The van der Waals surface area contributed by atoms with Gasteiger partial charge in [0.1, 0.15) is 11.6 Å². The summed E-state index contributed by atoms with van der Waals surface area (Å²) < 4.78 is 76.5. The number of ether oxygens (including phenoxy) is 1. The largest absolute Gasteiger partial charge is 0.573 e. The topological polar surface area (TPSA) is 72.5 Å². The molecule has 0 fully saturated rings. The fourth-order valence-corrected chi connectivity index (χ4v) is 2.48. The maximum Gasteiger partial charge on any atom is 0.573 e. The summed E-state index contributed by atoms with van der Waals surface area (Å²) in [4.78, 5) is 11.8.